The fraction of sp³-hybridized carbons (Fsp3) is 0.0400. The standard InChI is InChI=1S/C25H18ClNO5S2/c26-23-14-15-24(33-23)34(30,31)27-21-9-5-4-8-20(21)25(29)32-16-22(28)19-12-10-18(11-13-19)17-6-2-1-3-7-17/h1-15,27H,16H2. The second-order valence-corrected chi connectivity index (χ2v) is 10.8. The highest BCUT2D eigenvalue weighted by atomic mass is 35.5. The van der Waals surface area contributed by atoms with Gasteiger partial charge in [0.15, 0.2) is 12.4 Å². The van der Waals surface area contributed by atoms with Crippen LogP contribution in [0.4, 0.5) is 5.69 Å². The Balaban J connectivity index is 1.43. The lowest BCUT2D eigenvalue weighted by Gasteiger charge is -2.11. The van der Waals surface area contributed by atoms with E-state index in [0.29, 0.717) is 9.90 Å². The molecule has 1 N–H and O–H groups in total. The van der Waals surface area contributed by atoms with E-state index in [1.54, 1.807) is 24.3 Å². The lowest BCUT2D eigenvalue weighted by Crippen LogP contribution is -2.18. The van der Waals surface area contributed by atoms with E-state index in [1.807, 2.05) is 42.5 Å². The van der Waals surface area contributed by atoms with E-state index < -0.39 is 22.6 Å². The molecular weight excluding hydrogens is 494 g/mol. The number of para-hydroxylation sites is 1. The Bertz CT molecular complexity index is 1430. The Labute approximate surface area is 205 Å². The first kappa shape index (κ1) is 23.7. The van der Waals surface area contributed by atoms with E-state index in [2.05, 4.69) is 4.72 Å². The quantitative estimate of drug-likeness (QED) is 0.234. The summed E-state index contributed by atoms with van der Waals surface area (Å²) in [7, 11) is -3.94. The van der Waals surface area contributed by atoms with Crippen molar-refractivity contribution >= 4 is 50.4 Å². The summed E-state index contributed by atoms with van der Waals surface area (Å²) in [4.78, 5) is 25.2. The molecule has 0 radical (unpaired) electrons. The van der Waals surface area contributed by atoms with Gasteiger partial charge in [-0.2, -0.15) is 0 Å². The number of esters is 1. The minimum Gasteiger partial charge on any atom is -0.454 e. The zero-order chi connectivity index (χ0) is 24.1. The number of anilines is 1. The Kier molecular flexibility index (Phi) is 7.12. The third-order valence-corrected chi connectivity index (χ3v) is 7.94. The van der Waals surface area contributed by atoms with Gasteiger partial charge in [-0.05, 0) is 35.4 Å². The third kappa shape index (κ3) is 5.53. The second-order valence-electron chi connectivity index (χ2n) is 7.15. The van der Waals surface area contributed by atoms with E-state index in [0.717, 1.165) is 22.5 Å². The number of rotatable bonds is 8. The van der Waals surface area contributed by atoms with Crippen molar-refractivity contribution in [3.8, 4) is 11.1 Å². The van der Waals surface area contributed by atoms with Crippen LogP contribution in [0.1, 0.15) is 20.7 Å². The number of benzene rings is 3. The van der Waals surface area contributed by atoms with E-state index in [4.69, 9.17) is 16.3 Å². The smallest absolute Gasteiger partial charge is 0.340 e. The predicted octanol–water partition coefficient (Wildman–Crippen LogP) is 5.91. The summed E-state index contributed by atoms with van der Waals surface area (Å²) in [5, 5.41) is 0. The molecule has 4 aromatic rings. The molecule has 0 saturated carbocycles. The van der Waals surface area contributed by atoms with Gasteiger partial charge in [-0.15, -0.1) is 11.3 Å². The van der Waals surface area contributed by atoms with Crippen LogP contribution in [0.15, 0.2) is 95.2 Å². The molecule has 0 atom stereocenters. The molecule has 0 amide bonds. The van der Waals surface area contributed by atoms with Gasteiger partial charge < -0.3 is 4.74 Å². The largest absolute Gasteiger partial charge is 0.454 e. The summed E-state index contributed by atoms with van der Waals surface area (Å²) in [6.45, 7) is -0.481. The van der Waals surface area contributed by atoms with Gasteiger partial charge in [0, 0.05) is 5.56 Å². The van der Waals surface area contributed by atoms with Gasteiger partial charge in [0.05, 0.1) is 15.6 Å². The number of nitrogens with one attached hydrogen (secondary N) is 1. The Morgan fingerprint density at radius 1 is 0.824 bits per heavy atom. The summed E-state index contributed by atoms with van der Waals surface area (Å²) in [6, 6.07) is 25.6. The predicted molar refractivity (Wildman–Crippen MR) is 133 cm³/mol. The average Bonchev–Trinajstić information content (AvgIpc) is 3.30. The molecule has 0 unspecified atom stereocenters. The van der Waals surface area contributed by atoms with Gasteiger partial charge in [0.25, 0.3) is 10.0 Å². The van der Waals surface area contributed by atoms with E-state index >= 15 is 0 Å². The van der Waals surface area contributed by atoms with Crippen LogP contribution in [-0.2, 0) is 14.8 Å². The van der Waals surface area contributed by atoms with Crippen molar-refractivity contribution in [2.45, 2.75) is 4.21 Å². The molecule has 0 bridgehead atoms. The summed E-state index contributed by atoms with van der Waals surface area (Å²) in [5.41, 5.74) is 2.41. The maximum atomic E-state index is 12.6. The van der Waals surface area contributed by atoms with Crippen LogP contribution in [0.25, 0.3) is 11.1 Å². The molecule has 0 saturated heterocycles. The number of sulfonamides is 1. The zero-order valence-corrected chi connectivity index (χ0v) is 20.0. The van der Waals surface area contributed by atoms with Crippen LogP contribution in [-0.4, -0.2) is 26.8 Å². The summed E-state index contributed by atoms with van der Waals surface area (Å²) >= 11 is 6.73. The molecule has 3 aromatic carbocycles. The van der Waals surface area contributed by atoms with Gasteiger partial charge >= 0.3 is 5.97 Å². The topological polar surface area (TPSA) is 89.5 Å². The van der Waals surface area contributed by atoms with Crippen LogP contribution in [0.2, 0.25) is 4.34 Å². The Morgan fingerprint density at radius 2 is 1.47 bits per heavy atom. The van der Waals surface area contributed by atoms with Gasteiger partial charge in [-0.25, -0.2) is 13.2 Å². The van der Waals surface area contributed by atoms with Crippen molar-refractivity contribution in [1.29, 1.82) is 0 Å². The Morgan fingerprint density at radius 3 is 2.15 bits per heavy atom. The van der Waals surface area contributed by atoms with Gasteiger partial charge in [0.2, 0.25) is 0 Å². The van der Waals surface area contributed by atoms with Crippen molar-refractivity contribution < 1.29 is 22.7 Å². The monoisotopic (exact) mass is 511 g/mol. The van der Waals surface area contributed by atoms with Gasteiger partial charge in [-0.3, -0.25) is 9.52 Å². The first-order valence-corrected chi connectivity index (χ1v) is 12.7. The Hall–Kier alpha value is -3.46. The van der Waals surface area contributed by atoms with E-state index in [9.17, 15) is 18.0 Å². The van der Waals surface area contributed by atoms with Crippen LogP contribution < -0.4 is 4.72 Å². The SMILES string of the molecule is O=C(COC(=O)c1ccccc1NS(=O)(=O)c1ccc(Cl)s1)c1ccc(-c2ccccc2)cc1. The van der Waals surface area contributed by atoms with Crippen molar-refractivity contribution in [1.82, 2.24) is 0 Å². The fourth-order valence-corrected chi connectivity index (χ4v) is 5.72. The molecule has 0 aliphatic heterocycles. The molecule has 0 fully saturated rings. The highest BCUT2D eigenvalue weighted by Gasteiger charge is 2.21. The first-order chi connectivity index (χ1) is 16.3. The minimum absolute atomic E-state index is 0.00907. The lowest BCUT2D eigenvalue weighted by atomic mass is 10.0. The van der Waals surface area contributed by atoms with Crippen LogP contribution in [0.3, 0.4) is 0 Å². The molecular formula is C25H18ClNO5S2. The molecule has 34 heavy (non-hydrogen) atoms. The second kappa shape index (κ2) is 10.2. The minimum atomic E-state index is -3.94. The first-order valence-electron chi connectivity index (χ1n) is 10.1. The molecule has 0 aliphatic carbocycles. The number of halogens is 1. The van der Waals surface area contributed by atoms with Crippen LogP contribution >= 0.6 is 22.9 Å². The van der Waals surface area contributed by atoms with Crippen molar-refractivity contribution in [3.63, 3.8) is 0 Å². The van der Waals surface area contributed by atoms with Gasteiger partial charge in [-0.1, -0.05) is 78.3 Å². The number of hydrogen-bond acceptors (Lipinski definition) is 6. The summed E-state index contributed by atoms with van der Waals surface area (Å²) < 4.78 is 33.1. The summed E-state index contributed by atoms with van der Waals surface area (Å²) in [6.07, 6.45) is 0. The lowest BCUT2D eigenvalue weighted by molar-refractivity contribution is 0.0476. The fourth-order valence-electron chi connectivity index (χ4n) is 3.16. The number of hydrogen-bond donors (Lipinski definition) is 1. The highest BCUT2D eigenvalue weighted by Crippen LogP contribution is 2.28. The number of thiophene rings is 1. The maximum Gasteiger partial charge on any atom is 0.340 e. The third-order valence-electron chi connectivity index (χ3n) is 4.85. The molecule has 0 spiro atoms. The molecule has 1 aromatic heterocycles. The molecule has 1 heterocycles. The molecule has 4 rings (SSSR count). The number of ether oxygens (including phenoxy) is 1. The highest BCUT2D eigenvalue weighted by molar-refractivity contribution is 7.94. The number of carbonyl (C=O) groups is 2. The zero-order valence-electron chi connectivity index (χ0n) is 17.6. The van der Waals surface area contributed by atoms with Crippen LogP contribution in [0, 0.1) is 0 Å². The molecule has 172 valence electrons. The van der Waals surface area contributed by atoms with E-state index in [-0.39, 0.29) is 21.2 Å². The summed E-state index contributed by atoms with van der Waals surface area (Å²) in [5.74, 6) is -1.20. The van der Waals surface area contributed by atoms with Crippen molar-refractivity contribution in [2.75, 3.05) is 11.3 Å². The number of Topliss-reactive ketones (excluding diaryl/α,β-unsaturated/α-hetero) is 1. The molecule has 0 aliphatic rings. The van der Waals surface area contributed by atoms with E-state index in [1.165, 1.54) is 24.3 Å². The maximum absolute atomic E-state index is 12.6. The normalized spacial score (nSPS) is 11.1. The van der Waals surface area contributed by atoms with Crippen molar-refractivity contribution in [2.24, 2.45) is 0 Å². The number of ketones is 1. The average molecular weight is 512 g/mol. The van der Waals surface area contributed by atoms with Gasteiger partial charge in [0.1, 0.15) is 4.21 Å². The van der Waals surface area contributed by atoms with Crippen molar-refractivity contribution in [3.05, 3.63) is 106 Å². The number of carbonyl (C=O) groups excluding carboxylic acids is 2. The molecule has 9 heteroatoms. The molecule has 6 nitrogen and oxygen atoms in total. The van der Waals surface area contributed by atoms with Crippen LogP contribution in [0.5, 0.6) is 0 Å².